The predicted octanol–water partition coefficient (Wildman–Crippen LogP) is 3.03. The lowest BCUT2D eigenvalue weighted by molar-refractivity contribution is 0.323. The van der Waals surface area contributed by atoms with Gasteiger partial charge in [0.2, 0.25) is 0 Å². The Morgan fingerprint density at radius 1 is 0.955 bits per heavy atom. The SMILES string of the molecule is N[C@H]1CN(Cc2ccccc2)C[C@@H]1c1cc(F)c(F)cc1F. The minimum absolute atomic E-state index is 0.155. The van der Waals surface area contributed by atoms with Crippen molar-refractivity contribution >= 4 is 0 Å². The third-order valence-corrected chi connectivity index (χ3v) is 4.13. The number of hydrogen-bond donors (Lipinski definition) is 1. The molecular formula is C17H17F3N2. The van der Waals surface area contributed by atoms with Gasteiger partial charge in [0.1, 0.15) is 5.82 Å². The van der Waals surface area contributed by atoms with Crippen molar-refractivity contribution in [2.24, 2.45) is 5.73 Å². The van der Waals surface area contributed by atoms with Crippen molar-refractivity contribution in [2.45, 2.75) is 18.5 Å². The smallest absolute Gasteiger partial charge is 0.161 e. The van der Waals surface area contributed by atoms with Crippen LogP contribution in [0.25, 0.3) is 0 Å². The van der Waals surface area contributed by atoms with Gasteiger partial charge in [-0.15, -0.1) is 0 Å². The topological polar surface area (TPSA) is 29.3 Å². The molecule has 0 aliphatic carbocycles. The molecule has 0 radical (unpaired) electrons. The molecule has 2 nitrogen and oxygen atoms in total. The van der Waals surface area contributed by atoms with Crippen LogP contribution in [0, 0.1) is 17.5 Å². The van der Waals surface area contributed by atoms with Gasteiger partial charge >= 0.3 is 0 Å². The summed E-state index contributed by atoms with van der Waals surface area (Å²) < 4.78 is 40.4. The van der Waals surface area contributed by atoms with Gasteiger partial charge < -0.3 is 5.73 Å². The van der Waals surface area contributed by atoms with Crippen LogP contribution in [0.2, 0.25) is 0 Å². The predicted molar refractivity (Wildman–Crippen MR) is 78.8 cm³/mol. The second-order valence-electron chi connectivity index (χ2n) is 5.74. The molecule has 0 spiro atoms. The van der Waals surface area contributed by atoms with E-state index < -0.39 is 17.5 Å². The van der Waals surface area contributed by atoms with Crippen LogP contribution < -0.4 is 5.73 Å². The first-order chi connectivity index (χ1) is 10.5. The lowest BCUT2D eigenvalue weighted by Crippen LogP contribution is -2.29. The Labute approximate surface area is 127 Å². The average molecular weight is 306 g/mol. The van der Waals surface area contributed by atoms with E-state index in [0.717, 1.165) is 11.6 Å². The molecule has 0 aromatic heterocycles. The Hall–Kier alpha value is -1.85. The Bertz CT molecular complexity index is 660. The van der Waals surface area contributed by atoms with Crippen LogP contribution >= 0.6 is 0 Å². The first-order valence-electron chi connectivity index (χ1n) is 7.21. The molecule has 1 aliphatic rings. The minimum Gasteiger partial charge on any atom is -0.326 e. The van der Waals surface area contributed by atoms with Crippen molar-refractivity contribution in [2.75, 3.05) is 13.1 Å². The summed E-state index contributed by atoms with van der Waals surface area (Å²) in [6.45, 7) is 1.83. The van der Waals surface area contributed by atoms with Crippen LogP contribution in [0.4, 0.5) is 13.2 Å². The fourth-order valence-corrected chi connectivity index (χ4v) is 3.04. The van der Waals surface area contributed by atoms with Gasteiger partial charge in [-0.05, 0) is 17.2 Å². The number of likely N-dealkylation sites (tertiary alicyclic amines) is 1. The molecule has 22 heavy (non-hydrogen) atoms. The van der Waals surface area contributed by atoms with Gasteiger partial charge in [0.05, 0.1) is 0 Å². The van der Waals surface area contributed by atoms with Crippen LogP contribution in [0.5, 0.6) is 0 Å². The van der Waals surface area contributed by atoms with Gasteiger partial charge in [-0.2, -0.15) is 0 Å². The summed E-state index contributed by atoms with van der Waals surface area (Å²) in [6, 6.07) is 11.1. The van der Waals surface area contributed by atoms with E-state index in [1.807, 2.05) is 30.3 Å². The number of halogens is 3. The number of nitrogens with two attached hydrogens (primary N) is 1. The Balaban J connectivity index is 1.78. The van der Waals surface area contributed by atoms with Gasteiger partial charge in [-0.3, -0.25) is 4.90 Å². The number of nitrogens with zero attached hydrogens (tertiary/aromatic N) is 1. The Morgan fingerprint density at radius 3 is 2.36 bits per heavy atom. The zero-order chi connectivity index (χ0) is 15.7. The highest BCUT2D eigenvalue weighted by atomic mass is 19.2. The summed E-state index contributed by atoms with van der Waals surface area (Å²) in [5.74, 6) is -3.28. The first-order valence-corrected chi connectivity index (χ1v) is 7.21. The second kappa shape index (κ2) is 6.10. The molecule has 2 N–H and O–H groups in total. The van der Waals surface area contributed by atoms with Gasteiger partial charge in [-0.25, -0.2) is 13.2 Å². The summed E-state index contributed by atoms with van der Waals surface area (Å²) in [4.78, 5) is 2.10. The van der Waals surface area contributed by atoms with Crippen molar-refractivity contribution in [1.29, 1.82) is 0 Å². The van der Waals surface area contributed by atoms with Gasteiger partial charge in [0, 0.05) is 37.7 Å². The number of benzene rings is 2. The van der Waals surface area contributed by atoms with Crippen molar-refractivity contribution in [3.05, 3.63) is 71.0 Å². The summed E-state index contributed by atoms with van der Waals surface area (Å²) in [5, 5.41) is 0. The van der Waals surface area contributed by atoms with E-state index in [9.17, 15) is 13.2 Å². The van der Waals surface area contributed by atoms with Crippen LogP contribution in [-0.4, -0.2) is 24.0 Å². The molecule has 5 heteroatoms. The van der Waals surface area contributed by atoms with E-state index in [0.29, 0.717) is 25.7 Å². The lowest BCUT2D eigenvalue weighted by Gasteiger charge is -2.17. The number of rotatable bonds is 3. The molecule has 0 saturated carbocycles. The maximum Gasteiger partial charge on any atom is 0.161 e. The summed E-state index contributed by atoms with van der Waals surface area (Å²) in [5.41, 5.74) is 7.38. The molecule has 2 aromatic carbocycles. The number of hydrogen-bond acceptors (Lipinski definition) is 2. The van der Waals surface area contributed by atoms with E-state index >= 15 is 0 Å². The van der Waals surface area contributed by atoms with Gasteiger partial charge in [-0.1, -0.05) is 30.3 Å². The van der Waals surface area contributed by atoms with Gasteiger partial charge in [0.15, 0.2) is 11.6 Å². The van der Waals surface area contributed by atoms with Crippen LogP contribution in [0.3, 0.4) is 0 Å². The molecule has 0 amide bonds. The molecule has 3 rings (SSSR count). The molecular weight excluding hydrogens is 289 g/mol. The normalized spacial score (nSPS) is 22.2. The quantitative estimate of drug-likeness (QED) is 0.883. The van der Waals surface area contributed by atoms with Crippen molar-refractivity contribution in [3.8, 4) is 0 Å². The molecule has 1 heterocycles. The van der Waals surface area contributed by atoms with E-state index in [1.54, 1.807) is 0 Å². The minimum atomic E-state index is -1.17. The maximum atomic E-state index is 13.9. The van der Waals surface area contributed by atoms with E-state index in [4.69, 9.17) is 5.73 Å². The monoisotopic (exact) mass is 306 g/mol. The van der Waals surface area contributed by atoms with Gasteiger partial charge in [0.25, 0.3) is 0 Å². The Kier molecular flexibility index (Phi) is 4.18. The van der Waals surface area contributed by atoms with Crippen molar-refractivity contribution in [1.82, 2.24) is 4.90 Å². The largest absolute Gasteiger partial charge is 0.326 e. The van der Waals surface area contributed by atoms with Crippen LogP contribution in [0.1, 0.15) is 17.0 Å². The Morgan fingerprint density at radius 2 is 1.64 bits per heavy atom. The first kappa shape index (κ1) is 15.1. The molecule has 116 valence electrons. The van der Waals surface area contributed by atoms with E-state index in [1.165, 1.54) is 0 Å². The molecule has 0 unspecified atom stereocenters. The zero-order valence-electron chi connectivity index (χ0n) is 12.0. The molecule has 0 bridgehead atoms. The van der Waals surface area contributed by atoms with Crippen LogP contribution in [-0.2, 0) is 6.54 Å². The average Bonchev–Trinajstić information content (AvgIpc) is 2.84. The zero-order valence-corrected chi connectivity index (χ0v) is 12.0. The van der Waals surface area contributed by atoms with E-state index in [-0.39, 0.29) is 17.5 Å². The van der Waals surface area contributed by atoms with Crippen LogP contribution in [0.15, 0.2) is 42.5 Å². The van der Waals surface area contributed by atoms with Crippen molar-refractivity contribution in [3.63, 3.8) is 0 Å². The summed E-state index contributed by atoms with van der Waals surface area (Å²) >= 11 is 0. The fraction of sp³-hybridized carbons (Fsp3) is 0.294. The highest BCUT2D eigenvalue weighted by molar-refractivity contribution is 5.27. The molecule has 1 saturated heterocycles. The van der Waals surface area contributed by atoms with Crippen molar-refractivity contribution < 1.29 is 13.2 Å². The third kappa shape index (κ3) is 3.00. The second-order valence-corrected chi connectivity index (χ2v) is 5.74. The fourth-order valence-electron chi connectivity index (χ4n) is 3.04. The maximum absolute atomic E-state index is 13.9. The molecule has 1 fully saturated rings. The summed E-state index contributed by atoms with van der Waals surface area (Å²) in [6.07, 6.45) is 0. The highest BCUT2D eigenvalue weighted by Crippen LogP contribution is 2.30. The highest BCUT2D eigenvalue weighted by Gasteiger charge is 2.33. The van der Waals surface area contributed by atoms with E-state index in [2.05, 4.69) is 4.90 Å². The summed E-state index contributed by atoms with van der Waals surface area (Å²) in [7, 11) is 0. The molecule has 2 aromatic rings. The third-order valence-electron chi connectivity index (χ3n) is 4.13. The standard InChI is InChI=1S/C17H17F3N2/c18-14-7-16(20)15(19)6-12(14)13-9-22(10-17(13)21)8-11-4-2-1-3-5-11/h1-7,13,17H,8-10,21H2/t13-,17+/m1/s1. The molecule has 1 aliphatic heterocycles. The molecule has 2 atom stereocenters. The lowest BCUT2D eigenvalue weighted by atomic mass is 9.94.